The lowest BCUT2D eigenvalue weighted by Gasteiger charge is -2.29. The molecule has 3 aliphatic rings. The fourth-order valence-electron chi connectivity index (χ4n) is 4.36. The van der Waals surface area contributed by atoms with Crippen LogP contribution in [-0.4, -0.2) is 37.9 Å². The van der Waals surface area contributed by atoms with Crippen LogP contribution >= 0.6 is 0 Å². The van der Waals surface area contributed by atoms with E-state index in [-0.39, 0.29) is 0 Å². The number of hydrogen-bond acceptors (Lipinski definition) is 3. The van der Waals surface area contributed by atoms with Crippen LogP contribution in [-0.2, 0) is 4.74 Å². The summed E-state index contributed by atoms with van der Waals surface area (Å²) in [6, 6.07) is 2.27. The summed E-state index contributed by atoms with van der Waals surface area (Å²) in [5, 5.41) is 7.66. The van der Waals surface area contributed by atoms with Crippen molar-refractivity contribution < 1.29 is 4.74 Å². The maximum atomic E-state index is 5.48. The molecular formula is C15H28N2O. The van der Waals surface area contributed by atoms with E-state index < -0.39 is 0 Å². The normalized spacial score (nSPS) is 44.8. The van der Waals surface area contributed by atoms with Crippen LogP contribution in [0.25, 0.3) is 0 Å². The molecule has 1 saturated heterocycles. The molecule has 0 aromatic heterocycles. The highest BCUT2D eigenvalue weighted by molar-refractivity contribution is 4.95. The van der Waals surface area contributed by atoms with Crippen LogP contribution in [0.2, 0.25) is 0 Å². The monoisotopic (exact) mass is 252 g/mol. The largest absolute Gasteiger partial charge is 0.381 e. The Morgan fingerprint density at radius 2 is 2.00 bits per heavy atom. The molecule has 0 amide bonds. The fourth-order valence-corrected chi connectivity index (χ4v) is 4.36. The molecule has 104 valence electrons. The minimum atomic E-state index is 0.506. The second-order valence-corrected chi connectivity index (χ2v) is 6.44. The Balaban J connectivity index is 1.52. The van der Waals surface area contributed by atoms with E-state index in [1.54, 1.807) is 0 Å². The summed E-state index contributed by atoms with van der Waals surface area (Å²) in [5.41, 5.74) is 0. The van der Waals surface area contributed by atoms with E-state index in [1.807, 2.05) is 7.11 Å². The average molecular weight is 252 g/mol. The summed E-state index contributed by atoms with van der Waals surface area (Å²) < 4.78 is 5.48. The average Bonchev–Trinajstić information content (AvgIpc) is 3.09. The molecule has 3 rings (SSSR count). The van der Waals surface area contributed by atoms with Gasteiger partial charge in [-0.05, 0) is 57.4 Å². The maximum absolute atomic E-state index is 5.48. The third-order valence-electron chi connectivity index (χ3n) is 5.35. The van der Waals surface area contributed by atoms with Gasteiger partial charge in [-0.15, -0.1) is 0 Å². The topological polar surface area (TPSA) is 33.3 Å². The molecule has 1 heterocycles. The summed E-state index contributed by atoms with van der Waals surface area (Å²) in [6.45, 7) is 1.24. The van der Waals surface area contributed by atoms with Crippen molar-refractivity contribution >= 4 is 0 Å². The van der Waals surface area contributed by atoms with Crippen molar-refractivity contribution in [3.63, 3.8) is 0 Å². The van der Waals surface area contributed by atoms with Gasteiger partial charge in [-0.25, -0.2) is 0 Å². The molecule has 0 bridgehead atoms. The molecule has 18 heavy (non-hydrogen) atoms. The Bertz CT molecular complexity index is 265. The molecule has 5 unspecified atom stereocenters. The molecule has 1 aliphatic heterocycles. The lowest BCUT2D eigenvalue weighted by molar-refractivity contribution is 0.106. The Morgan fingerprint density at radius 1 is 1.06 bits per heavy atom. The fraction of sp³-hybridized carbons (Fsp3) is 1.00. The van der Waals surface area contributed by atoms with E-state index >= 15 is 0 Å². The van der Waals surface area contributed by atoms with Gasteiger partial charge in [0.15, 0.2) is 0 Å². The van der Waals surface area contributed by atoms with Gasteiger partial charge < -0.3 is 15.4 Å². The molecule has 0 aromatic rings. The second kappa shape index (κ2) is 5.89. The van der Waals surface area contributed by atoms with Gasteiger partial charge in [0, 0.05) is 25.2 Å². The molecule has 3 nitrogen and oxygen atoms in total. The highest BCUT2D eigenvalue weighted by atomic mass is 16.5. The zero-order chi connectivity index (χ0) is 12.4. The summed E-state index contributed by atoms with van der Waals surface area (Å²) in [5.74, 6) is 0.883. The lowest BCUT2D eigenvalue weighted by Crippen LogP contribution is -2.45. The van der Waals surface area contributed by atoms with Crippen LogP contribution < -0.4 is 10.6 Å². The highest BCUT2D eigenvalue weighted by Crippen LogP contribution is 2.33. The van der Waals surface area contributed by atoms with Crippen molar-refractivity contribution in [2.45, 2.75) is 75.6 Å². The van der Waals surface area contributed by atoms with E-state index in [0.29, 0.717) is 12.1 Å². The second-order valence-electron chi connectivity index (χ2n) is 6.44. The molecule has 2 saturated carbocycles. The predicted molar refractivity (Wildman–Crippen MR) is 73.7 cm³/mol. The summed E-state index contributed by atoms with van der Waals surface area (Å²) >= 11 is 0. The molecule has 0 aromatic carbocycles. The Hall–Kier alpha value is -0.120. The first kappa shape index (κ1) is 12.9. The van der Waals surface area contributed by atoms with Crippen molar-refractivity contribution in [3.8, 4) is 0 Å². The number of nitrogens with one attached hydrogen (secondary N) is 2. The van der Waals surface area contributed by atoms with Crippen molar-refractivity contribution in [2.75, 3.05) is 13.7 Å². The molecular weight excluding hydrogens is 224 g/mol. The Morgan fingerprint density at radius 3 is 2.72 bits per heavy atom. The standard InChI is InChI=1S/C15H28N2O/c1-18-12-8-7-11(10-12)17-15-5-2-4-13(15)14-6-3-9-16-14/h11-17H,2-10H2,1H3. The first-order valence-corrected chi connectivity index (χ1v) is 7.89. The zero-order valence-electron chi connectivity index (χ0n) is 11.7. The third-order valence-corrected chi connectivity index (χ3v) is 5.35. The van der Waals surface area contributed by atoms with Crippen molar-refractivity contribution in [2.24, 2.45) is 5.92 Å². The van der Waals surface area contributed by atoms with Crippen LogP contribution in [0, 0.1) is 5.92 Å². The van der Waals surface area contributed by atoms with Crippen molar-refractivity contribution in [1.29, 1.82) is 0 Å². The van der Waals surface area contributed by atoms with Gasteiger partial charge in [0.1, 0.15) is 0 Å². The van der Waals surface area contributed by atoms with Crippen molar-refractivity contribution in [1.82, 2.24) is 10.6 Å². The Kier molecular flexibility index (Phi) is 4.22. The van der Waals surface area contributed by atoms with E-state index in [1.165, 1.54) is 57.9 Å². The van der Waals surface area contributed by atoms with Gasteiger partial charge >= 0.3 is 0 Å². The summed E-state index contributed by atoms with van der Waals surface area (Å²) in [6.07, 6.45) is 11.3. The molecule has 3 heteroatoms. The highest BCUT2D eigenvalue weighted by Gasteiger charge is 2.37. The van der Waals surface area contributed by atoms with Crippen LogP contribution in [0.15, 0.2) is 0 Å². The van der Waals surface area contributed by atoms with E-state index in [2.05, 4.69) is 10.6 Å². The molecule has 3 fully saturated rings. The van der Waals surface area contributed by atoms with Crippen LogP contribution in [0.3, 0.4) is 0 Å². The smallest absolute Gasteiger partial charge is 0.0586 e. The first-order valence-electron chi connectivity index (χ1n) is 7.89. The first-order chi connectivity index (χ1) is 8.86. The lowest BCUT2D eigenvalue weighted by atomic mass is 9.92. The summed E-state index contributed by atoms with van der Waals surface area (Å²) in [4.78, 5) is 0. The summed E-state index contributed by atoms with van der Waals surface area (Å²) in [7, 11) is 1.86. The quantitative estimate of drug-likeness (QED) is 0.803. The predicted octanol–water partition coefficient (Wildman–Crippen LogP) is 2.06. The van der Waals surface area contributed by atoms with Gasteiger partial charge in [0.05, 0.1) is 6.10 Å². The van der Waals surface area contributed by atoms with Gasteiger partial charge in [0.25, 0.3) is 0 Å². The van der Waals surface area contributed by atoms with E-state index in [4.69, 9.17) is 4.74 Å². The molecule has 2 aliphatic carbocycles. The molecule has 0 spiro atoms. The number of methoxy groups -OCH3 is 1. The number of rotatable bonds is 4. The Labute approximate surface area is 111 Å². The minimum absolute atomic E-state index is 0.506. The zero-order valence-corrected chi connectivity index (χ0v) is 11.7. The number of hydrogen-bond donors (Lipinski definition) is 2. The third kappa shape index (κ3) is 2.73. The molecule has 0 radical (unpaired) electrons. The SMILES string of the molecule is COC1CCC(NC2CCCC2C2CCCN2)C1. The minimum Gasteiger partial charge on any atom is -0.381 e. The van der Waals surface area contributed by atoms with Crippen LogP contribution in [0.5, 0.6) is 0 Å². The molecule has 2 N–H and O–H groups in total. The molecule has 5 atom stereocenters. The van der Waals surface area contributed by atoms with Gasteiger partial charge in [-0.3, -0.25) is 0 Å². The van der Waals surface area contributed by atoms with Gasteiger partial charge in [-0.2, -0.15) is 0 Å². The van der Waals surface area contributed by atoms with Gasteiger partial charge in [-0.1, -0.05) is 6.42 Å². The maximum Gasteiger partial charge on any atom is 0.0586 e. The van der Waals surface area contributed by atoms with Gasteiger partial charge in [0.2, 0.25) is 0 Å². The van der Waals surface area contributed by atoms with Crippen molar-refractivity contribution in [3.05, 3.63) is 0 Å². The van der Waals surface area contributed by atoms with Crippen LogP contribution in [0.1, 0.15) is 51.4 Å². The van der Waals surface area contributed by atoms with E-state index in [9.17, 15) is 0 Å². The van der Waals surface area contributed by atoms with Crippen LogP contribution in [0.4, 0.5) is 0 Å². The van der Waals surface area contributed by atoms with E-state index in [0.717, 1.165) is 18.0 Å². The number of ether oxygens (including phenoxy) is 1.